The van der Waals surface area contributed by atoms with Gasteiger partial charge in [-0.25, -0.2) is 13.2 Å². The number of nitrogens with zero attached hydrogens (tertiary/aromatic N) is 1. The van der Waals surface area contributed by atoms with Crippen LogP contribution in [0.2, 0.25) is 0 Å². The lowest BCUT2D eigenvalue weighted by Crippen LogP contribution is -2.58. The Kier molecular flexibility index (Phi) is 10.8. The van der Waals surface area contributed by atoms with E-state index in [0.717, 1.165) is 11.8 Å². The maximum atomic E-state index is 13.0. The molecule has 1 aromatic carbocycles. The molecule has 0 spiro atoms. The molecule has 188 valence electrons. The molecule has 0 bridgehead atoms. The van der Waals surface area contributed by atoms with Crippen molar-refractivity contribution in [2.24, 2.45) is 11.3 Å². The van der Waals surface area contributed by atoms with E-state index in [4.69, 9.17) is 0 Å². The van der Waals surface area contributed by atoms with Crippen molar-refractivity contribution in [2.75, 3.05) is 19.3 Å². The van der Waals surface area contributed by atoms with Crippen LogP contribution in [0, 0.1) is 11.3 Å². The van der Waals surface area contributed by atoms with Crippen LogP contribution < -0.4 is 10.6 Å². The van der Waals surface area contributed by atoms with Gasteiger partial charge in [0, 0.05) is 13.1 Å². The number of hydrogen-bond acceptors (Lipinski definition) is 5. The SMILES string of the molecule is CC(C)CCN(C[C@@H](O)[C@H](Cc1ccccc1)NC(=O)[C@@H](NC(=O)O)C(C)(C)C)S(C)(=O)=O. The van der Waals surface area contributed by atoms with Crippen molar-refractivity contribution >= 4 is 22.0 Å². The number of aliphatic hydroxyl groups is 1. The summed E-state index contributed by atoms with van der Waals surface area (Å²) >= 11 is 0. The van der Waals surface area contributed by atoms with Crippen molar-refractivity contribution in [1.29, 1.82) is 0 Å². The zero-order valence-corrected chi connectivity index (χ0v) is 21.2. The van der Waals surface area contributed by atoms with E-state index in [1.54, 1.807) is 20.8 Å². The zero-order valence-electron chi connectivity index (χ0n) is 20.4. The molecule has 1 aromatic rings. The van der Waals surface area contributed by atoms with E-state index in [1.165, 1.54) is 4.31 Å². The topological polar surface area (TPSA) is 136 Å². The quantitative estimate of drug-likeness (QED) is 0.358. The minimum absolute atomic E-state index is 0.185. The van der Waals surface area contributed by atoms with Gasteiger partial charge in [-0.1, -0.05) is 65.0 Å². The number of rotatable bonds is 12. The molecule has 0 aliphatic carbocycles. The summed E-state index contributed by atoms with van der Waals surface area (Å²) in [7, 11) is -3.58. The smallest absolute Gasteiger partial charge is 0.405 e. The van der Waals surface area contributed by atoms with Gasteiger partial charge in [0.05, 0.1) is 18.4 Å². The zero-order chi connectivity index (χ0) is 25.4. The summed E-state index contributed by atoms with van der Waals surface area (Å²) in [6.07, 6.45) is -0.565. The standard InChI is InChI=1S/C23H39N3O6S/c1-16(2)12-13-26(33(6,31)32)15-19(27)18(14-17-10-8-7-9-11-17)24-21(28)20(23(3,4)5)25-22(29)30/h7-11,16,18-20,25,27H,12-15H2,1-6H3,(H,24,28)(H,29,30)/t18-,19+,20+/m0/s1. The number of carbonyl (C=O) groups excluding carboxylic acids is 1. The molecule has 2 amide bonds. The van der Waals surface area contributed by atoms with Crippen LogP contribution in [0.15, 0.2) is 30.3 Å². The fourth-order valence-electron chi connectivity index (χ4n) is 3.35. The highest BCUT2D eigenvalue weighted by atomic mass is 32.2. The largest absolute Gasteiger partial charge is 0.465 e. The van der Waals surface area contributed by atoms with Gasteiger partial charge in [0.1, 0.15) is 6.04 Å². The Morgan fingerprint density at radius 3 is 2.12 bits per heavy atom. The summed E-state index contributed by atoms with van der Waals surface area (Å²) in [5.74, 6) is -0.307. The number of carboxylic acid groups (broad SMARTS) is 1. The van der Waals surface area contributed by atoms with Gasteiger partial charge in [0.15, 0.2) is 0 Å². The first kappa shape index (κ1) is 28.9. The first-order chi connectivity index (χ1) is 15.1. The minimum atomic E-state index is -3.58. The molecular weight excluding hydrogens is 446 g/mol. The van der Waals surface area contributed by atoms with E-state index in [2.05, 4.69) is 10.6 Å². The van der Waals surface area contributed by atoms with E-state index in [1.807, 2.05) is 44.2 Å². The van der Waals surface area contributed by atoms with Crippen molar-refractivity contribution < 1.29 is 28.2 Å². The summed E-state index contributed by atoms with van der Waals surface area (Å²) in [5.41, 5.74) is 0.120. The van der Waals surface area contributed by atoms with Crippen molar-refractivity contribution in [3.63, 3.8) is 0 Å². The van der Waals surface area contributed by atoms with Gasteiger partial charge < -0.3 is 20.8 Å². The normalized spacial score (nSPS) is 15.2. The fourth-order valence-corrected chi connectivity index (χ4v) is 4.21. The second kappa shape index (κ2) is 12.3. The van der Waals surface area contributed by atoms with Crippen LogP contribution in [0.4, 0.5) is 4.79 Å². The molecule has 1 rings (SSSR count). The average Bonchev–Trinajstić information content (AvgIpc) is 2.67. The third kappa shape index (κ3) is 10.5. The van der Waals surface area contributed by atoms with Gasteiger partial charge in [-0.3, -0.25) is 4.79 Å². The first-order valence-electron chi connectivity index (χ1n) is 11.1. The Bertz CT molecular complexity index is 868. The maximum Gasteiger partial charge on any atom is 0.405 e. The molecule has 0 fully saturated rings. The van der Waals surface area contributed by atoms with Crippen molar-refractivity contribution in [1.82, 2.24) is 14.9 Å². The molecule has 0 aliphatic heterocycles. The van der Waals surface area contributed by atoms with E-state index < -0.39 is 45.6 Å². The molecule has 0 aliphatic rings. The number of sulfonamides is 1. The lowest BCUT2D eigenvalue weighted by molar-refractivity contribution is -0.127. The molecule has 3 atom stereocenters. The van der Waals surface area contributed by atoms with Crippen LogP contribution in [-0.2, 0) is 21.2 Å². The van der Waals surface area contributed by atoms with Crippen LogP contribution in [0.25, 0.3) is 0 Å². The number of amides is 2. The molecular formula is C23H39N3O6S. The second-order valence-electron chi connectivity index (χ2n) is 9.92. The van der Waals surface area contributed by atoms with Gasteiger partial charge in [0.25, 0.3) is 0 Å². The van der Waals surface area contributed by atoms with Crippen molar-refractivity contribution in [2.45, 2.75) is 65.6 Å². The average molecular weight is 486 g/mol. The predicted molar refractivity (Wildman–Crippen MR) is 128 cm³/mol. The van der Waals surface area contributed by atoms with Crippen LogP contribution in [-0.4, -0.2) is 72.5 Å². The summed E-state index contributed by atoms with van der Waals surface area (Å²) in [6, 6.07) is 7.30. The number of carbonyl (C=O) groups is 2. The van der Waals surface area contributed by atoms with Crippen LogP contribution in [0.3, 0.4) is 0 Å². The number of hydrogen-bond donors (Lipinski definition) is 4. The fraction of sp³-hybridized carbons (Fsp3) is 0.652. The third-order valence-electron chi connectivity index (χ3n) is 5.30. The highest BCUT2D eigenvalue weighted by Gasteiger charge is 2.35. The maximum absolute atomic E-state index is 13.0. The van der Waals surface area contributed by atoms with E-state index in [9.17, 15) is 28.2 Å². The molecule has 0 radical (unpaired) electrons. The molecule has 0 saturated carbocycles. The predicted octanol–water partition coefficient (Wildman–Crippen LogP) is 2.06. The van der Waals surface area contributed by atoms with Gasteiger partial charge in [0.2, 0.25) is 15.9 Å². The van der Waals surface area contributed by atoms with Gasteiger partial charge in [-0.05, 0) is 29.7 Å². The summed E-state index contributed by atoms with van der Waals surface area (Å²) in [6.45, 7) is 9.23. The number of aliphatic hydroxyl groups excluding tert-OH is 1. The Labute approximate surface area is 197 Å². The third-order valence-corrected chi connectivity index (χ3v) is 6.57. The van der Waals surface area contributed by atoms with Crippen LogP contribution >= 0.6 is 0 Å². The lowest BCUT2D eigenvalue weighted by Gasteiger charge is -2.33. The van der Waals surface area contributed by atoms with Gasteiger partial charge in [-0.2, -0.15) is 4.31 Å². The second-order valence-corrected chi connectivity index (χ2v) is 11.9. The van der Waals surface area contributed by atoms with E-state index in [0.29, 0.717) is 6.42 Å². The molecule has 4 N–H and O–H groups in total. The number of nitrogens with one attached hydrogen (secondary N) is 2. The van der Waals surface area contributed by atoms with Crippen molar-refractivity contribution in [3.05, 3.63) is 35.9 Å². The molecule has 0 saturated heterocycles. The Morgan fingerprint density at radius 2 is 1.67 bits per heavy atom. The molecule has 0 aromatic heterocycles. The summed E-state index contributed by atoms with van der Waals surface area (Å²) in [5, 5.41) is 25.2. The number of benzene rings is 1. The van der Waals surface area contributed by atoms with Crippen molar-refractivity contribution in [3.8, 4) is 0 Å². The molecule has 9 nitrogen and oxygen atoms in total. The molecule has 0 heterocycles. The van der Waals surface area contributed by atoms with Crippen LogP contribution in [0.1, 0.15) is 46.6 Å². The minimum Gasteiger partial charge on any atom is -0.465 e. The highest BCUT2D eigenvalue weighted by molar-refractivity contribution is 7.88. The summed E-state index contributed by atoms with van der Waals surface area (Å²) < 4.78 is 25.8. The lowest BCUT2D eigenvalue weighted by atomic mass is 9.85. The molecule has 10 heteroatoms. The van der Waals surface area contributed by atoms with Gasteiger partial charge >= 0.3 is 6.09 Å². The highest BCUT2D eigenvalue weighted by Crippen LogP contribution is 2.20. The van der Waals surface area contributed by atoms with E-state index in [-0.39, 0.29) is 25.4 Å². The van der Waals surface area contributed by atoms with Crippen LogP contribution in [0.5, 0.6) is 0 Å². The monoisotopic (exact) mass is 485 g/mol. The molecule has 33 heavy (non-hydrogen) atoms. The Balaban J connectivity index is 3.16. The first-order valence-corrected chi connectivity index (χ1v) is 12.9. The van der Waals surface area contributed by atoms with Gasteiger partial charge in [-0.15, -0.1) is 0 Å². The molecule has 0 unspecified atom stereocenters. The Hall–Kier alpha value is -2.17. The Morgan fingerprint density at radius 1 is 1.09 bits per heavy atom. The van der Waals surface area contributed by atoms with E-state index >= 15 is 0 Å². The summed E-state index contributed by atoms with van der Waals surface area (Å²) in [4.78, 5) is 24.3.